The number of hydrogen-bond acceptors (Lipinski definition) is 2. The lowest BCUT2D eigenvalue weighted by Crippen LogP contribution is -2.25. The fraction of sp³-hybridized carbons (Fsp3) is 0.250. The molecule has 0 N–H and O–H groups in total. The molecule has 5 heteroatoms. The highest BCUT2D eigenvalue weighted by Gasteiger charge is 2.23. The van der Waals surface area contributed by atoms with Crippen molar-refractivity contribution in [3.63, 3.8) is 0 Å². The van der Waals surface area contributed by atoms with E-state index in [1.165, 1.54) is 0 Å². The van der Waals surface area contributed by atoms with Crippen LogP contribution in [0, 0.1) is 0 Å². The van der Waals surface area contributed by atoms with Crippen LogP contribution in [0.3, 0.4) is 0 Å². The van der Waals surface area contributed by atoms with Crippen molar-refractivity contribution in [2.24, 2.45) is 0 Å². The van der Waals surface area contributed by atoms with Crippen LogP contribution in [-0.4, -0.2) is 15.8 Å². The van der Waals surface area contributed by atoms with Gasteiger partial charge in [0, 0.05) is 19.2 Å². The largest absolute Gasteiger partial charge is 0.332 e. The molecule has 0 atom stereocenters. The van der Waals surface area contributed by atoms with E-state index in [0.29, 0.717) is 36.0 Å². The third-order valence-electron chi connectivity index (χ3n) is 3.65. The minimum absolute atomic E-state index is 0.138. The minimum atomic E-state index is 0.138. The second-order valence-electron chi connectivity index (χ2n) is 5.11. The van der Waals surface area contributed by atoms with Gasteiger partial charge in [-0.15, -0.1) is 0 Å². The smallest absolute Gasteiger partial charge is 0.223 e. The highest BCUT2D eigenvalue weighted by molar-refractivity contribution is 6.42. The van der Waals surface area contributed by atoms with E-state index >= 15 is 0 Å². The fourth-order valence-electron chi connectivity index (χ4n) is 2.48. The van der Waals surface area contributed by atoms with Gasteiger partial charge >= 0.3 is 0 Å². The molecule has 0 saturated heterocycles. The molecule has 1 aliphatic heterocycles. The Balaban J connectivity index is 1.59. The fourth-order valence-corrected chi connectivity index (χ4v) is 2.80. The minimum Gasteiger partial charge on any atom is -0.332 e. The summed E-state index contributed by atoms with van der Waals surface area (Å²) in [5.41, 5.74) is 3.16. The van der Waals surface area contributed by atoms with E-state index in [1.54, 1.807) is 12.3 Å². The average Bonchev–Trinajstić information content (AvgIpc) is 2.92. The number of pyridine rings is 1. The van der Waals surface area contributed by atoms with Crippen LogP contribution in [0.2, 0.25) is 10.0 Å². The Kier molecular flexibility index (Phi) is 4.13. The molecule has 3 nitrogen and oxygen atoms in total. The van der Waals surface area contributed by atoms with E-state index in [-0.39, 0.29) is 5.91 Å². The van der Waals surface area contributed by atoms with Crippen LogP contribution in [0.5, 0.6) is 0 Å². The van der Waals surface area contributed by atoms with Gasteiger partial charge in [0.2, 0.25) is 5.91 Å². The van der Waals surface area contributed by atoms with Gasteiger partial charge < -0.3 is 4.90 Å². The Morgan fingerprint density at radius 1 is 1.19 bits per heavy atom. The van der Waals surface area contributed by atoms with Crippen LogP contribution in [0.25, 0.3) is 0 Å². The zero-order valence-corrected chi connectivity index (χ0v) is 12.9. The molecule has 0 radical (unpaired) electrons. The molecule has 1 amide bonds. The Morgan fingerprint density at radius 2 is 2.05 bits per heavy atom. The van der Waals surface area contributed by atoms with Crippen LogP contribution in [0.1, 0.15) is 23.2 Å². The maximum absolute atomic E-state index is 12.3. The first-order valence-electron chi connectivity index (χ1n) is 6.78. The van der Waals surface area contributed by atoms with Gasteiger partial charge in [0.25, 0.3) is 0 Å². The van der Waals surface area contributed by atoms with Crippen LogP contribution >= 0.6 is 23.2 Å². The standard InChI is InChI=1S/C16H14Cl2N2O/c17-13-5-3-11(8-14(13)18)4-6-16(21)20-9-12-2-1-7-19-15(12)10-20/h1-3,5,7-8H,4,6,9-10H2. The maximum atomic E-state index is 12.3. The number of benzene rings is 1. The lowest BCUT2D eigenvalue weighted by atomic mass is 10.1. The predicted octanol–water partition coefficient (Wildman–Crippen LogP) is 3.86. The molecule has 0 aliphatic carbocycles. The summed E-state index contributed by atoms with van der Waals surface area (Å²) in [6, 6.07) is 9.41. The molecule has 0 spiro atoms. The second kappa shape index (κ2) is 6.04. The van der Waals surface area contributed by atoms with Crippen LogP contribution in [0.4, 0.5) is 0 Å². The van der Waals surface area contributed by atoms with Gasteiger partial charge in [-0.25, -0.2) is 0 Å². The van der Waals surface area contributed by atoms with Gasteiger partial charge in [0.05, 0.1) is 22.3 Å². The zero-order valence-electron chi connectivity index (χ0n) is 11.4. The molecule has 108 valence electrons. The number of rotatable bonds is 3. The highest BCUT2D eigenvalue weighted by atomic mass is 35.5. The summed E-state index contributed by atoms with van der Waals surface area (Å²) in [6.07, 6.45) is 2.89. The molecular formula is C16H14Cl2N2O. The normalized spacial score (nSPS) is 13.3. The molecule has 3 rings (SSSR count). The van der Waals surface area contributed by atoms with Crippen molar-refractivity contribution < 1.29 is 4.79 Å². The lowest BCUT2D eigenvalue weighted by molar-refractivity contribution is -0.131. The van der Waals surface area contributed by atoms with Gasteiger partial charge in [-0.2, -0.15) is 0 Å². The summed E-state index contributed by atoms with van der Waals surface area (Å²) in [5.74, 6) is 0.138. The van der Waals surface area contributed by atoms with Gasteiger partial charge in [-0.3, -0.25) is 9.78 Å². The van der Waals surface area contributed by atoms with E-state index in [9.17, 15) is 4.79 Å². The predicted molar refractivity (Wildman–Crippen MR) is 83.3 cm³/mol. The third kappa shape index (κ3) is 3.20. The number of aromatic nitrogens is 1. The molecule has 0 fully saturated rings. The molecule has 2 heterocycles. The molecule has 1 aromatic carbocycles. The molecule has 0 bridgehead atoms. The number of hydrogen-bond donors (Lipinski definition) is 0. The van der Waals surface area contributed by atoms with E-state index in [4.69, 9.17) is 23.2 Å². The molecular weight excluding hydrogens is 307 g/mol. The first-order valence-corrected chi connectivity index (χ1v) is 7.53. The molecule has 21 heavy (non-hydrogen) atoms. The van der Waals surface area contributed by atoms with Gasteiger partial charge in [-0.05, 0) is 35.7 Å². The Bertz CT molecular complexity index is 663. The third-order valence-corrected chi connectivity index (χ3v) is 4.39. The van der Waals surface area contributed by atoms with Crippen molar-refractivity contribution in [3.8, 4) is 0 Å². The van der Waals surface area contributed by atoms with Gasteiger partial charge in [0.1, 0.15) is 0 Å². The van der Waals surface area contributed by atoms with E-state index in [0.717, 1.165) is 16.8 Å². The zero-order chi connectivity index (χ0) is 14.8. The monoisotopic (exact) mass is 320 g/mol. The molecule has 1 aromatic heterocycles. The summed E-state index contributed by atoms with van der Waals surface area (Å²) in [7, 11) is 0. The van der Waals surface area contributed by atoms with Gasteiger partial charge in [-0.1, -0.05) is 35.3 Å². The number of carbonyl (C=O) groups excluding carboxylic acids is 1. The number of halogens is 2. The summed E-state index contributed by atoms with van der Waals surface area (Å²) >= 11 is 11.9. The van der Waals surface area contributed by atoms with Crippen LogP contribution in [-0.2, 0) is 24.3 Å². The molecule has 2 aromatic rings. The first kappa shape index (κ1) is 14.4. The molecule has 1 aliphatic rings. The van der Waals surface area contributed by atoms with Crippen molar-refractivity contribution in [2.75, 3.05) is 0 Å². The van der Waals surface area contributed by atoms with E-state index < -0.39 is 0 Å². The van der Waals surface area contributed by atoms with Crippen molar-refractivity contribution in [1.29, 1.82) is 0 Å². The first-order chi connectivity index (χ1) is 10.1. The van der Waals surface area contributed by atoms with Crippen molar-refractivity contribution >= 4 is 29.1 Å². The molecule has 0 saturated carbocycles. The van der Waals surface area contributed by atoms with Gasteiger partial charge in [0.15, 0.2) is 0 Å². The summed E-state index contributed by atoms with van der Waals surface area (Å²) < 4.78 is 0. The topological polar surface area (TPSA) is 33.2 Å². The Hall–Kier alpha value is -1.58. The maximum Gasteiger partial charge on any atom is 0.223 e. The lowest BCUT2D eigenvalue weighted by Gasteiger charge is -2.15. The Labute approximate surface area is 133 Å². The number of amides is 1. The average molecular weight is 321 g/mol. The second-order valence-corrected chi connectivity index (χ2v) is 5.92. The number of carbonyl (C=O) groups is 1. The van der Waals surface area contributed by atoms with E-state index in [1.807, 2.05) is 29.2 Å². The van der Waals surface area contributed by atoms with Crippen molar-refractivity contribution in [3.05, 3.63) is 63.4 Å². The Morgan fingerprint density at radius 3 is 2.81 bits per heavy atom. The van der Waals surface area contributed by atoms with Crippen LogP contribution in [0.15, 0.2) is 36.5 Å². The summed E-state index contributed by atoms with van der Waals surface area (Å²) in [5, 5.41) is 1.06. The number of fused-ring (bicyclic) bond motifs is 1. The number of nitrogens with zero attached hydrogens (tertiary/aromatic N) is 2. The quantitative estimate of drug-likeness (QED) is 0.860. The summed E-state index contributed by atoms with van der Waals surface area (Å²) in [6.45, 7) is 1.26. The number of aryl methyl sites for hydroxylation is 1. The van der Waals surface area contributed by atoms with Crippen molar-refractivity contribution in [2.45, 2.75) is 25.9 Å². The molecule has 0 unspecified atom stereocenters. The SMILES string of the molecule is O=C(CCc1ccc(Cl)c(Cl)c1)N1Cc2cccnc2C1. The van der Waals surface area contributed by atoms with Crippen molar-refractivity contribution in [1.82, 2.24) is 9.88 Å². The van der Waals surface area contributed by atoms with Crippen LogP contribution < -0.4 is 0 Å². The summed E-state index contributed by atoms with van der Waals surface area (Å²) in [4.78, 5) is 18.4. The van der Waals surface area contributed by atoms with E-state index in [2.05, 4.69) is 4.98 Å². The highest BCUT2D eigenvalue weighted by Crippen LogP contribution is 2.24.